The van der Waals surface area contributed by atoms with Gasteiger partial charge >= 0.3 is 4.87 Å². The van der Waals surface area contributed by atoms with Gasteiger partial charge in [0.2, 0.25) is 5.88 Å². The van der Waals surface area contributed by atoms with E-state index in [0.717, 1.165) is 32.9 Å². The first-order chi connectivity index (χ1) is 14.5. The summed E-state index contributed by atoms with van der Waals surface area (Å²) in [7, 11) is 1.81. The van der Waals surface area contributed by atoms with Crippen molar-refractivity contribution in [2.45, 2.75) is 13.0 Å². The van der Waals surface area contributed by atoms with Gasteiger partial charge < -0.3 is 10.0 Å². The summed E-state index contributed by atoms with van der Waals surface area (Å²) in [4.78, 5) is 29.5. The number of thiophene rings is 1. The van der Waals surface area contributed by atoms with E-state index in [-0.39, 0.29) is 16.7 Å². The van der Waals surface area contributed by atoms with Crippen LogP contribution in [0.4, 0.5) is 0 Å². The Morgan fingerprint density at radius 2 is 1.80 bits per heavy atom. The molecule has 2 aromatic carbocycles. The lowest BCUT2D eigenvalue weighted by atomic mass is 10.1. The van der Waals surface area contributed by atoms with Crippen LogP contribution in [0, 0.1) is 0 Å². The highest BCUT2D eigenvalue weighted by molar-refractivity contribution is 7.13. The summed E-state index contributed by atoms with van der Waals surface area (Å²) < 4.78 is 0. The first kappa shape index (κ1) is 20.1. The van der Waals surface area contributed by atoms with Crippen molar-refractivity contribution in [1.82, 2.24) is 9.88 Å². The standard InChI is InChI=1S/C23H20N2O3S2/c1-25(22(27)18-5-3-2-4-6-18)13-16-12-19(29-14-16)17-9-7-15(8-10-17)11-20-21(26)24-23(28)30-20/h2-10,12,14,26H,11,13H2,1H3,(H,24,28). The van der Waals surface area contributed by atoms with Crippen molar-refractivity contribution in [3.05, 3.63) is 97.3 Å². The molecule has 0 spiro atoms. The number of aromatic amines is 1. The Hall–Kier alpha value is -3.16. The molecular weight excluding hydrogens is 416 g/mol. The SMILES string of the molecule is CN(Cc1csc(-c2ccc(Cc3sc(=O)[nH]c3O)cc2)c1)C(=O)c1ccccc1. The van der Waals surface area contributed by atoms with E-state index in [9.17, 15) is 14.7 Å². The lowest BCUT2D eigenvalue weighted by Gasteiger charge is -2.16. The molecule has 4 aromatic rings. The number of nitrogens with zero attached hydrogens (tertiary/aromatic N) is 1. The average molecular weight is 437 g/mol. The highest BCUT2D eigenvalue weighted by Crippen LogP contribution is 2.29. The Bertz CT molecular complexity index is 1210. The number of benzene rings is 2. The van der Waals surface area contributed by atoms with E-state index in [4.69, 9.17) is 0 Å². The molecule has 0 fully saturated rings. The zero-order chi connectivity index (χ0) is 21.1. The minimum Gasteiger partial charge on any atom is -0.494 e. The normalized spacial score (nSPS) is 10.8. The van der Waals surface area contributed by atoms with Gasteiger partial charge in [-0.25, -0.2) is 0 Å². The monoisotopic (exact) mass is 436 g/mol. The molecule has 2 aromatic heterocycles. The fourth-order valence-corrected chi connectivity index (χ4v) is 4.87. The van der Waals surface area contributed by atoms with Gasteiger partial charge in [-0.1, -0.05) is 53.8 Å². The van der Waals surface area contributed by atoms with Crippen molar-refractivity contribution >= 4 is 28.6 Å². The van der Waals surface area contributed by atoms with E-state index in [1.807, 2.05) is 61.6 Å². The molecule has 0 saturated carbocycles. The summed E-state index contributed by atoms with van der Waals surface area (Å²) in [5.74, 6) is -0.0471. The van der Waals surface area contributed by atoms with Gasteiger partial charge in [0.15, 0.2) is 0 Å². The minimum absolute atomic E-state index is 0.00279. The second kappa shape index (κ2) is 8.69. The van der Waals surface area contributed by atoms with E-state index >= 15 is 0 Å². The van der Waals surface area contributed by atoms with Crippen LogP contribution in [-0.4, -0.2) is 27.9 Å². The number of aromatic nitrogens is 1. The number of carbonyl (C=O) groups excluding carboxylic acids is 1. The van der Waals surface area contributed by atoms with E-state index in [1.165, 1.54) is 0 Å². The highest BCUT2D eigenvalue weighted by Gasteiger charge is 2.13. The molecule has 0 saturated heterocycles. The Morgan fingerprint density at radius 3 is 2.47 bits per heavy atom. The van der Waals surface area contributed by atoms with Gasteiger partial charge in [0.25, 0.3) is 5.91 Å². The number of hydrogen-bond donors (Lipinski definition) is 2. The third-order valence-corrected chi connectivity index (χ3v) is 6.64. The van der Waals surface area contributed by atoms with Crippen molar-refractivity contribution in [2.24, 2.45) is 0 Å². The molecule has 0 aliphatic rings. The summed E-state index contributed by atoms with van der Waals surface area (Å²) in [5.41, 5.74) is 3.89. The van der Waals surface area contributed by atoms with Crippen LogP contribution in [0.3, 0.4) is 0 Å². The fourth-order valence-electron chi connectivity index (χ4n) is 3.20. The zero-order valence-electron chi connectivity index (χ0n) is 16.3. The van der Waals surface area contributed by atoms with Gasteiger partial charge in [-0.3, -0.25) is 14.6 Å². The van der Waals surface area contributed by atoms with Gasteiger partial charge in [-0.05, 0) is 40.3 Å². The fraction of sp³-hybridized carbons (Fsp3) is 0.130. The number of amides is 1. The third kappa shape index (κ3) is 4.53. The van der Waals surface area contributed by atoms with Crippen LogP contribution < -0.4 is 4.87 Å². The predicted molar refractivity (Wildman–Crippen MR) is 121 cm³/mol. The molecule has 0 aliphatic carbocycles. The first-order valence-electron chi connectivity index (χ1n) is 9.38. The van der Waals surface area contributed by atoms with Crippen molar-refractivity contribution < 1.29 is 9.90 Å². The molecule has 30 heavy (non-hydrogen) atoms. The highest BCUT2D eigenvalue weighted by atomic mass is 32.1. The first-order valence-corrected chi connectivity index (χ1v) is 11.1. The number of nitrogens with one attached hydrogen (secondary N) is 1. The van der Waals surface area contributed by atoms with Crippen LogP contribution in [0.2, 0.25) is 0 Å². The molecule has 7 heteroatoms. The molecule has 0 bridgehead atoms. The van der Waals surface area contributed by atoms with Gasteiger partial charge in [0, 0.05) is 30.5 Å². The topological polar surface area (TPSA) is 73.4 Å². The van der Waals surface area contributed by atoms with Gasteiger partial charge in [-0.2, -0.15) is 0 Å². The van der Waals surface area contributed by atoms with Crippen LogP contribution >= 0.6 is 22.7 Å². The van der Waals surface area contributed by atoms with Crippen LogP contribution in [-0.2, 0) is 13.0 Å². The molecule has 5 nitrogen and oxygen atoms in total. The molecule has 0 radical (unpaired) electrons. The average Bonchev–Trinajstić information content (AvgIpc) is 3.34. The van der Waals surface area contributed by atoms with Crippen LogP contribution in [0.25, 0.3) is 10.4 Å². The molecule has 4 rings (SSSR count). The number of carbonyl (C=O) groups is 1. The summed E-state index contributed by atoms with van der Waals surface area (Å²) >= 11 is 2.67. The number of aromatic hydroxyl groups is 1. The Kier molecular flexibility index (Phi) is 5.83. The Labute approximate surface area is 181 Å². The minimum atomic E-state index is -0.249. The van der Waals surface area contributed by atoms with Crippen molar-refractivity contribution in [3.63, 3.8) is 0 Å². The molecule has 152 valence electrons. The zero-order valence-corrected chi connectivity index (χ0v) is 17.9. The number of thiazole rings is 1. The van der Waals surface area contributed by atoms with Crippen molar-refractivity contribution in [2.75, 3.05) is 7.05 Å². The number of H-pyrrole nitrogens is 1. The number of hydrogen-bond acceptors (Lipinski definition) is 5. The second-order valence-corrected chi connectivity index (χ2v) is 8.99. The van der Waals surface area contributed by atoms with Crippen LogP contribution in [0.1, 0.15) is 26.4 Å². The summed E-state index contributed by atoms with van der Waals surface area (Å²) in [6.07, 6.45) is 0.512. The summed E-state index contributed by atoms with van der Waals surface area (Å²) in [6, 6.07) is 19.5. The van der Waals surface area contributed by atoms with Crippen LogP contribution in [0.15, 0.2) is 70.8 Å². The van der Waals surface area contributed by atoms with Gasteiger partial charge in [-0.15, -0.1) is 11.3 Å². The smallest absolute Gasteiger partial charge is 0.307 e. The molecule has 2 N–H and O–H groups in total. The lowest BCUT2D eigenvalue weighted by molar-refractivity contribution is 0.0785. The number of rotatable bonds is 6. The van der Waals surface area contributed by atoms with E-state index in [2.05, 4.69) is 16.4 Å². The summed E-state index contributed by atoms with van der Waals surface area (Å²) in [5, 5.41) is 11.8. The second-order valence-electron chi connectivity index (χ2n) is 7.01. The Balaban J connectivity index is 1.43. The molecular formula is C23H20N2O3S2. The molecule has 0 aliphatic heterocycles. The maximum absolute atomic E-state index is 12.5. The van der Waals surface area contributed by atoms with Gasteiger partial charge in [0.1, 0.15) is 0 Å². The molecule has 1 amide bonds. The van der Waals surface area contributed by atoms with Crippen LogP contribution in [0.5, 0.6) is 5.88 Å². The largest absolute Gasteiger partial charge is 0.494 e. The lowest BCUT2D eigenvalue weighted by Crippen LogP contribution is -2.25. The maximum atomic E-state index is 12.5. The third-order valence-electron chi connectivity index (χ3n) is 4.74. The van der Waals surface area contributed by atoms with E-state index in [0.29, 0.717) is 23.4 Å². The molecule has 2 heterocycles. The van der Waals surface area contributed by atoms with Crippen molar-refractivity contribution in [3.8, 4) is 16.3 Å². The Morgan fingerprint density at radius 1 is 1.07 bits per heavy atom. The van der Waals surface area contributed by atoms with E-state index in [1.54, 1.807) is 16.2 Å². The molecule has 0 unspecified atom stereocenters. The summed E-state index contributed by atoms with van der Waals surface area (Å²) in [6.45, 7) is 0.550. The molecule has 0 atom stereocenters. The quantitative estimate of drug-likeness (QED) is 0.459. The predicted octanol–water partition coefficient (Wildman–Crippen LogP) is 4.73. The van der Waals surface area contributed by atoms with Gasteiger partial charge in [0.05, 0.1) is 4.88 Å². The maximum Gasteiger partial charge on any atom is 0.307 e. The van der Waals surface area contributed by atoms with Crippen molar-refractivity contribution in [1.29, 1.82) is 0 Å². The van der Waals surface area contributed by atoms with E-state index < -0.39 is 0 Å².